The fourth-order valence-corrected chi connectivity index (χ4v) is 2.58. The molecule has 16 heavy (non-hydrogen) atoms. The first-order valence-electron chi connectivity index (χ1n) is 5.27. The largest absolute Gasteiger partial charge is 0.294 e. The lowest BCUT2D eigenvalue weighted by Crippen LogP contribution is -2.13. The maximum Gasteiger partial charge on any atom is 0.169 e. The van der Waals surface area contributed by atoms with Gasteiger partial charge in [-0.15, -0.1) is 11.3 Å². The molecule has 0 aliphatic heterocycles. The predicted molar refractivity (Wildman–Crippen MR) is 62.6 cm³/mol. The molecule has 0 fully saturated rings. The molecule has 3 rings (SSSR count). The van der Waals surface area contributed by atoms with Crippen molar-refractivity contribution in [3.05, 3.63) is 35.0 Å². The van der Waals surface area contributed by atoms with Crippen LogP contribution < -0.4 is 0 Å². The van der Waals surface area contributed by atoms with Gasteiger partial charge in [-0.2, -0.15) is 0 Å². The van der Waals surface area contributed by atoms with E-state index >= 15 is 0 Å². The molecule has 1 aliphatic carbocycles. The lowest BCUT2D eigenvalue weighted by atomic mass is 9.96. The van der Waals surface area contributed by atoms with Crippen LogP contribution in [0.2, 0.25) is 0 Å². The number of carbonyl (C=O) groups is 1. The Morgan fingerprint density at radius 3 is 3.06 bits per heavy atom. The fraction of sp³-hybridized carbons (Fsp3) is 0.250. The monoisotopic (exact) mass is 230 g/mol. The molecule has 0 N–H and O–H groups in total. The minimum absolute atomic E-state index is 0.180. The summed E-state index contributed by atoms with van der Waals surface area (Å²) in [5, 5.41) is 2.00. The quantitative estimate of drug-likeness (QED) is 0.756. The number of carbonyl (C=O) groups excluding carboxylic acids is 1. The van der Waals surface area contributed by atoms with Crippen molar-refractivity contribution < 1.29 is 4.79 Å². The molecule has 2 aromatic rings. The van der Waals surface area contributed by atoms with Gasteiger partial charge in [0.1, 0.15) is 0 Å². The first-order chi connectivity index (χ1) is 7.84. The number of aromatic nitrogens is 2. The summed E-state index contributed by atoms with van der Waals surface area (Å²) in [6.07, 6.45) is 4.11. The van der Waals surface area contributed by atoms with Gasteiger partial charge < -0.3 is 0 Å². The van der Waals surface area contributed by atoms with Gasteiger partial charge in [-0.3, -0.25) is 4.79 Å². The highest BCUT2D eigenvalue weighted by molar-refractivity contribution is 7.13. The molecule has 4 heteroatoms. The van der Waals surface area contributed by atoms with E-state index in [0.717, 1.165) is 29.2 Å². The van der Waals surface area contributed by atoms with Crippen LogP contribution in [0.25, 0.3) is 10.7 Å². The maximum atomic E-state index is 11.6. The van der Waals surface area contributed by atoms with E-state index < -0.39 is 0 Å². The molecule has 2 heterocycles. The summed E-state index contributed by atoms with van der Waals surface area (Å²) in [5.41, 5.74) is 1.63. The number of hydrogen-bond donors (Lipinski definition) is 0. The first-order valence-corrected chi connectivity index (χ1v) is 6.15. The maximum absolute atomic E-state index is 11.6. The Morgan fingerprint density at radius 2 is 2.25 bits per heavy atom. The number of nitrogens with zero attached hydrogens (tertiary/aromatic N) is 2. The van der Waals surface area contributed by atoms with Crippen molar-refractivity contribution in [1.82, 2.24) is 9.97 Å². The third kappa shape index (κ3) is 1.55. The van der Waals surface area contributed by atoms with E-state index in [9.17, 15) is 4.79 Å². The van der Waals surface area contributed by atoms with Crippen LogP contribution in [0.15, 0.2) is 23.7 Å². The van der Waals surface area contributed by atoms with Gasteiger partial charge in [0.05, 0.1) is 16.1 Å². The molecule has 3 nitrogen and oxygen atoms in total. The molecule has 0 atom stereocenters. The molecule has 0 spiro atoms. The van der Waals surface area contributed by atoms with Crippen LogP contribution in [0.5, 0.6) is 0 Å². The highest BCUT2D eigenvalue weighted by atomic mass is 32.1. The molecule has 0 saturated carbocycles. The van der Waals surface area contributed by atoms with Crippen molar-refractivity contribution in [2.24, 2.45) is 0 Å². The molecular weight excluding hydrogens is 220 g/mol. The lowest BCUT2D eigenvalue weighted by Gasteiger charge is -2.13. The number of Topliss-reactive ketones (excluding diaryl/α,β-unsaturated/α-hetero) is 1. The number of fused-ring (bicyclic) bond motifs is 1. The van der Waals surface area contributed by atoms with Crippen molar-refractivity contribution in [3.8, 4) is 10.7 Å². The third-order valence-corrected chi connectivity index (χ3v) is 3.59. The van der Waals surface area contributed by atoms with Crippen LogP contribution in [0, 0.1) is 0 Å². The number of ketones is 1. The van der Waals surface area contributed by atoms with E-state index in [2.05, 4.69) is 9.97 Å². The number of hydrogen-bond acceptors (Lipinski definition) is 4. The van der Waals surface area contributed by atoms with Crippen molar-refractivity contribution >= 4 is 17.1 Å². The second-order valence-corrected chi connectivity index (χ2v) is 4.76. The second-order valence-electron chi connectivity index (χ2n) is 3.81. The van der Waals surface area contributed by atoms with E-state index in [-0.39, 0.29) is 5.78 Å². The molecule has 2 aromatic heterocycles. The highest BCUT2D eigenvalue weighted by Crippen LogP contribution is 2.24. The SMILES string of the molecule is O=C1CCCc2nc(-c3cccs3)ncc21. The fourth-order valence-electron chi connectivity index (χ4n) is 1.92. The minimum Gasteiger partial charge on any atom is -0.294 e. The number of thiophene rings is 1. The van der Waals surface area contributed by atoms with Crippen molar-refractivity contribution in [1.29, 1.82) is 0 Å². The van der Waals surface area contributed by atoms with Crippen LogP contribution in [-0.4, -0.2) is 15.8 Å². The Kier molecular flexibility index (Phi) is 2.29. The zero-order valence-corrected chi connectivity index (χ0v) is 9.46. The van der Waals surface area contributed by atoms with Crippen molar-refractivity contribution in [3.63, 3.8) is 0 Å². The van der Waals surface area contributed by atoms with Crippen LogP contribution in [-0.2, 0) is 6.42 Å². The Bertz CT molecular complexity index is 534. The summed E-state index contributed by atoms with van der Waals surface area (Å²) in [5.74, 6) is 0.919. The van der Waals surface area contributed by atoms with Crippen LogP contribution in [0.3, 0.4) is 0 Å². The van der Waals surface area contributed by atoms with E-state index in [1.807, 2.05) is 17.5 Å². The van der Waals surface area contributed by atoms with Crippen LogP contribution >= 0.6 is 11.3 Å². The third-order valence-electron chi connectivity index (χ3n) is 2.73. The summed E-state index contributed by atoms with van der Waals surface area (Å²) in [7, 11) is 0. The minimum atomic E-state index is 0.180. The molecule has 0 saturated heterocycles. The molecule has 0 unspecified atom stereocenters. The molecule has 0 aromatic carbocycles. The Balaban J connectivity index is 2.08. The van der Waals surface area contributed by atoms with Gasteiger partial charge in [0, 0.05) is 12.6 Å². The van der Waals surface area contributed by atoms with Crippen molar-refractivity contribution in [2.45, 2.75) is 19.3 Å². The molecule has 0 bridgehead atoms. The zero-order chi connectivity index (χ0) is 11.0. The van der Waals surface area contributed by atoms with Gasteiger partial charge in [0.25, 0.3) is 0 Å². The van der Waals surface area contributed by atoms with Gasteiger partial charge in [-0.1, -0.05) is 6.07 Å². The van der Waals surface area contributed by atoms with Crippen LogP contribution in [0.4, 0.5) is 0 Å². The van der Waals surface area contributed by atoms with Gasteiger partial charge in [-0.05, 0) is 24.3 Å². The molecular formula is C12H10N2OS. The Labute approximate surface area is 97.2 Å². The zero-order valence-electron chi connectivity index (χ0n) is 8.64. The molecule has 0 radical (unpaired) electrons. The first kappa shape index (κ1) is 9.66. The molecule has 80 valence electrons. The predicted octanol–water partition coefficient (Wildman–Crippen LogP) is 2.72. The summed E-state index contributed by atoms with van der Waals surface area (Å²) >= 11 is 1.62. The van der Waals surface area contributed by atoms with Crippen LogP contribution in [0.1, 0.15) is 28.9 Å². The van der Waals surface area contributed by atoms with E-state index in [1.165, 1.54) is 0 Å². The average molecular weight is 230 g/mol. The number of aryl methyl sites for hydroxylation is 1. The summed E-state index contributed by atoms with van der Waals surface area (Å²) in [4.78, 5) is 21.4. The second kappa shape index (κ2) is 3.79. The normalized spacial score (nSPS) is 14.9. The molecule has 0 amide bonds. The van der Waals surface area contributed by atoms with E-state index in [1.54, 1.807) is 17.5 Å². The smallest absolute Gasteiger partial charge is 0.169 e. The van der Waals surface area contributed by atoms with Gasteiger partial charge in [0.2, 0.25) is 0 Å². The van der Waals surface area contributed by atoms with Gasteiger partial charge in [-0.25, -0.2) is 9.97 Å². The number of rotatable bonds is 1. The highest BCUT2D eigenvalue weighted by Gasteiger charge is 2.19. The van der Waals surface area contributed by atoms with Crippen molar-refractivity contribution in [2.75, 3.05) is 0 Å². The average Bonchev–Trinajstić information content (AvgIpc) is 2.82. The lowest BCUT2D eigenvalue weighted by molar-refractivity contribution is 0.0971. The molecule has 1 aliphatic rings. The Hall–Kier alpha value is -1.55. The van der Waals surface area contributed by atoms with E-state index in [0.29, 0.717) is 12.0 Å². The summed E-state index contributed by atoms with van der Waals surface area (Å²) in [6.45, 7) is 0. The Morgan fingerprint density at radius 1 is 1.31 bits per heavy atom. The topological polar surface area (TPSA) is 42.9 Å². The van der Waals surface area contributed by atoms with E-state index in [4.69, 9.17) is 0 Å². The standard InChI is InChI=1S/C12H10N2OS/c15-10-4-1-3-9-8(10)7-13-12(14-9)11-5-2-6-16-11/h2,5-7H,1,3-4H2. The van der Waals surface area contributed by atoms with Gasteiger partial charge in [0.15, 0.2) is 11.6 Å². The summed E-state index contributed by atoms with van der Waals surface area (Å²) in [6, 6.07) is 3.98. The summed E-state index contributed by atoms with van der Waals surface area (Å²) < 4.78 is 0. The van der Waals surface area contributed by atoms with Gasteiger partial charge >= 0.3 is 0 Å².